The van der Waals surface area contributed by atoms with Crippen LogP contribution in [0.15, 0.2) is 30.6 Å². The molecule has 0 radical (unpaired) electrons. The van der Waals surface area contributed by atoms with Gasteiger partial charge in [0.2, 0.25) is 5.91 Å². The van der Waals surface area contributed by atoms with E-state index >= 15 is 0 Å². The van der Waals surface area contributed by atoms with E-state index in [1.807, 2.05) is 9.80 Å². The van der Waals surface area contributed by atoms with Crippen molar-refractivity contribution in [1.29, 1.82) is 0 Å². The SMILES string of the molecule is CC(=O)NCC1CN(c2ccc(N3CCN(c4nccnc4Cl)CC3)c(F)c2)C(=O)O1. The maximum Gasteiger partial charge on any atom is 0.414 e. The second-order valence-corrected chi connectivity index (χ2v) is 7.69. The highest BCUT2D eigenvalue weighted by atomic mass is 35.5. The van der Waals surface area contributed by atoms with Crippen LogP contribution in [-0.2, 0) is 9.53 Å². The molecule has 0 bridgehead atoms. The van der Waals surface area contributed by atoms with E-state index in [0.29, 0.717) is 48.5 Å². The standard InChI is InChI=1S/C20H22ClFN6O3/c1-13(29)25-11-15-12-28(20(30)31-15)14-2-3-17(16(22)10-14)26-6-8-27(9-7-26)19-18(21)23-4-5-24-19/h2-5,10,15H,6-9,11-12H2,1H3,(H,25,29). The zero-order valence-corrected chi connectivity index (χ0v) is 17.7. The van der Waals surface area contributed by atoms with Gasteiger partial charge in [0.05, 0.1) is 24.5 Å². The molecule has 2 aromatic rings. The first kappa shape index (κ1) is 21.1. The zero-order chi connectivity index (χ0) is 22.0. The highest BCUT2D eigenvalue weighted by Gasteiger charge is 2.33. The number of cyclic esters (lactones) is 1. The van der Waals surface area contributed by atoms with Gasteiger partial charge in [-0.3, -0.25) is 9.69 Å². The summed E-state index contributed by atoms with van der Waals surface area (Å²) in [5.74, 6) is 0.00849. The molecule has 0 spiro atoms. The Bertz CT molecular complexity index is 985. The number of ether oxygens (including phenoxy) is 1. The molecular formula is C20H22ClFN6O3. The van der Waals surface area contributed by atoms with Gasteiger partial charge in [-0.25, -0.2) is 19.2 Å². The van der Waals surface area contributed by atoms with E-state index in [4.69, 9.17) is 16.3 Å². The van der Waals surface area contributed by atoms with Crippen molar-refractivity contribution in [2.24, 2.45) is 0 Å². The third-order valence-corrected chi connectivity index (χ3v) is 5.52. The molecule has 2 aliphatic rings. The van der Waals surface area contributed by atoms with Crippen molar-refractivity contribution >= 4 is 40.8 Å². The summed E-state index contributed by atoms with van der Waals surface area (Å²) < 4.78 is 20.2. The molecule has 1 aromatic carbocycles. The molecule has 1 atom stereocenters. The van der Waals surface area contributed by atoms with Crippen LogP contribution in [0.2, 0.25) is 5.15 Å². The smallest absolute Gasteiger partial charge is 0.414 e. The molecule has 164 valence electrons. The minimum absolute atomic E-state index is 0.202. The first-order valence-electron chi connectivity index (χ1n) is 9.91. The molecule has 2 saturated heterocycles. The molecule has 0 saturated carbocycles. The number of piperazine rings is 1. The normalized spacial score (nSPS) is 18.9. The van der Waals surface area contributed by atoms with Crippen molar-refractivity contribution < 1.29 is 18.7 Å². The number of nitrogens with zero attached hydrogens (tertiary/aromatic N) is 5. The Balaban J connectivity index is 1.40. The van der Waals surface area contributed by atoms with E-state index in [2.05, 4.69) is 15.3 Å². The molecule has 31 heavy (non-hydrogen) atoms. The molecule has 1 aromatic heterocycles. The van der Waals surface area contributed by atoms with E-state index in [9.17, 15) is 14.0 Å². The van der Waals surface area contributed by atoms with Crippen LogP contribution in [0.4, 0.5) is 26.4 Å². The van der Waals surface area contributed by atoms with Crippen molar-refractivity contribution in [1.82, 2.24) is 15.3 Å². The lowest BCUT2D eigenvalue weighted by Gasteiger charge is -2.37. The number of nitrogens with one attached hydrogen (secondary N) is 1. The number of carbonyl (C=O) groups excluding carboxylic acids is 2. The topological polar surface area (TPSA) is 90.9 Å². The minimum atomic E-state index is -0.558. The number of aromatic nitrogens is 2. The van der Waals surface area contributed by atoms with Gasteiger partial charge in [-0.1, -0.05) is 11.6 Å². The summed E-state index contributed by atoms with van der Waals surface area (Å²) in [6.45, 7) is 4.30. The number of carbonyl (C=O) groups is 2. The molecule has 1 unspecified atom stereocenters. The summed E-state index contributed by atoms with van der Waals surface area (Å²) in [6, 6.07) is 4.71. The van der Waals surface area contributed by atoms with Crippen LogP contribution in [0.3, 0.4) is 0 Å². The lowest BCUT2D eigenvalue weighted by Crippen LogP contribution is -2.47. The molecule has 2 amide bonds. The van der Waals surface area contributed by atoms with Gasteiger partial charge in [0.25, 0.3) is 0 Å². The molecule has 4 rings (SSSR count). The first-order valence-corrected chi connectivity index (χ1v) is 10.3. The fourth-order valence-corrected chi connectivity index (χ4v) is 3.93. The number of amides is 2. The molecule has 2 fully saturated rings. The number of rotatable bonds is 5. The predicted molar refractivity (Wildman–Crippen MR) is 114 cm³/mol. The molecule has 9 nitrogen and oxygen atoms in total. The Hall–Kier alpha value is -3.14. The monoisotopic (exact) mass is 448 g/mol. The second-order valence-electron chi connectivity index (χ2n) is 7.33. The van der Waals surface area contributed by atoms with Crippen LogP contribution >= 0.6 is 11.6 Å². The summed E-state index contributed by atoms with van der Waals surface area (Å²) in [4.78, 5) is 36.9. The third-order valence-electron chi connectivity index (χ3n) is 5.25. The maximum absolute atomic E-state index is 14.9. The quantitative estimate of drug-likeness (QED) is 0.748. The van der Waals surface area contributed by atoms with E-state index in [0.717, 1.165) is 0 Å². The van der Waals surface area contributed by atoms with Gasteiger partial charge in [0, 0.05) is 45.5 Å². The lowest BCUT2D eigenvalue weighted by molar-refractivity contribution is -0.119. The van der Waals surface area contributed by atoms with Gasteiger partial charge in [-0.15, -0.1) is 0 Å². The highest BCUT2D eigenvalue weighted by molar-refractivity contribution is 6.31. The summed E-state index contributed by atoms with van der Waals surface area (Å²) in [6.07, 6.45) is 2.10. The van der Waals surface area contributed by atoms with Crippen LogP contribution in [0.1, 0.15) is 6.92 Å². The third kappa shape index (κ3) is 4.63. The van der Waals surface area contributed by atoms with Crippen LogP contribution < -0.4 is 20.0 Å². The van der Waals surface area contributed by atoms with E-state index in [1.165, 1.54) is 24.1 Å². The van der Waals surface area contributed by atoms with E-state index in [-0.39, 0.29) is 19.0 Å². The Labute approximate surface area is 183 Å². The van der Waals surface area contributed by atoms with Crippen LogP contribution in [0.5, 0.6) is 0 Å². The van der Waals surface area contributed by atoms with E-state index < -0.39 is 18.0 Å². The average Bonchev–Trinajstić information content (AvgIpc) is 3.13. The maximum atomic E-state index is 14.9. The lowest BCUT2D eigenvalue weighted by atomic mass is 10.2. The summed E-state index contributed by atoms with van der Waals surface area (Å²) in [5, 5.41) is 2.97. The van der Waals surface area contributed by atoms with Gasteiger partial charge in [0.15, 0.2) is 11.0 Å². The van der Waals surface area contributed by atoms with Crippen LogP contribution in [0.25, 0.3) is 0 Å². The molecule has 0 aliphatic carbocycles. The van der Waals surface area contributed by atoms with Crippen molar-refractivity contribution in [3.05, 3.63) is 41.6 Å². The fraction of sp³-hybridized carbons (Fsp3) is 0.400. The van der Waals surface area contributed by atoms with Crippen LogP contribution in [-0.4, -0.2) is 67.3 Å². The first-order chi connectivity index (χ1) is 14.9. The van der Waals surface area contributed by atoms with Gasteiger partial charge >= 0.3 is 6.09 Å². The largest absolute Gasteiger partial charge is 0.442 e. The van der Waals surface area contributed by atoms with Crippen LogP contribution in [0, 0.1) is 5.82 Å². The van der Waals surface area contributed by atoms with Crippen molar-refractivity contribution in [3.63, 3.8) is 0 Å². The molecule has 3 heterocycles. The number of halogens is 2. The molecule has 11 heteroatoms. The molecule has 2 aliphatic heterocycles. The Morgan fingerprint density at radius 3 is 2.61 bits per heavy atom. The number of benzene rings is 1. The Morgan fingerprint density at radius 1 is 1.23 bits per heavy atom. The van der Waals surface area contributed by atoms with Gasteiger partial charge in [0.1, 0.15) is 11.9 Å². The second kappa shape index (κ2) is 8.93. The van der Waals surface area contributed by atoms with Gasteiger partial charge < -0.3 is 19.9 Å². The molecular weight excluding hydrogens is 427 g/mol. The van der Waals surface area contributed by atoms with Gasteiger partial charge in [-0.05, 0) is 18.2 Å². The zero-order valence-electron chi connectivity index (χ0n) is 16.9. The van der Waals surface area contributed by atoms with Crippen molar-refractivity contribution in [3.8, 4) is 0 Å². The summed E-state index contributed by atoms with van der Waals surface area (Å²) in [5.41, 5.74) is 0.887. The Kier molecular flexibility index (Phi) is 6.08. The van der Waals surface area contributed by atoms with Crippen molar-refractivity contribution in [2.45, 2.75) is 13.0 Å². The Morgan fingerprint density at radius 2 is 1.94 bits per heavy atom. The average molecular weight is 449 g/mol. The summed E-state index contributed by atoms with van der Waals surface area (Å²) >= 11 is 6.12. The predicted octanol–water partition coefficient (Wildman–Crippen LogP) is 2.06. The number of anilines is 3. The molecule has 1 N–H and O–H groups in total. The highest BCUT2D eigenvalue weighted by Crippen LogP contribution is 2.29. The fourth-order valence-electron chi connectivity index (χ4n) is 3.70. The minimum Gasteiger partial charge on any atom is -0.442 e. The number of hydrogen-bond donors (Lipinski definition) is 1. The van der Waals surface area contributed by atoms with Crippen molar-refractivity contribution in [2.75, 3.05) is 54.0 Å². The van der Waals surface area contributed by atoms with Gasteiger partial charge in [-0.2, -0.15) is 0 Å². The van der Waals surface area contributed by atoms with E-state index in [1.54, 1.807) is 18.3 Å². The summed E-state index contributed by atoms with van der Waals surface area (Å²) in [7, 11) is 0. The number of hydrogen-bond acceptors (Lipinski definition) is 7.